The van der Waals surface area contributed by atoms with E-state index in [1.54, 1.807) is 6.07 Å². The monoisotopic (exact) mass is 265 g/mol. The van der Waals surface area contributed by atoms with Crippen molar-refractivity contribution in [3.63, 3.8) is 0 Å². The van der Waals surface area contributed by atoms with E-state index in [1.165, 1.54) is 6.07 Å². The van der Waals surface area contributed by atoms with Crippen LogP contribution in [-0.2, 0) is 0 Å². The second kappa shape index (κ2) is 7.58. The summed E-state index contributed by atoms with van der Waals surface area (Å²) in [5.74, 6) is -0.107. The van der Waals surface area contributed by atoms with Crippen molar-refractivity contribution in [2.24, 2.45) is 0 Å². The Morgan fingerprint density at radius 1 is 1.32 bits per heavy atom. The second-order valence-corrected chi connectivity index (χ2v) is 5.10. The quantitative estimate of drug-likeness (QED) is 0.821. The summed E-state index contributed by atoms with van der Waals surface area (Å²) in [5.41, 5.74) is 0.783. The number of hydrogen-bond donors (Lipinski definition) is 2. The fourth-order valence-corrected chi connectivity index (χ4v) is 2.67. The molecule has 2 N–H and O–H groups in total. The van der Waals surface area contributed by atoms with E-state index in [-0.39, 0.29) is 11.9 Å². The molecule has 1 saturated heterocycles. The summed E-state index contributed by atoms with van der Waals surface area (Å²) in [4.78, 5) is 2.48. The lowest BCUT2D eigenvalue weighted by Gasteiger charge is -2.27. The normalized spacial score (nSPS) is 18.4. The molecule has 1 heterocycles. The highest BCUT2D eigenvalue weighted by molar-refractivity contribution is 5.21. The Morgan fingerprint density at radius 3 is 2.74 bits per heavy atom. The highest BCUT2D eigenvalue weighted by Gasteiger charge is 2.14. The fourth-order valence-electron chi connectivity index (χ4n) is 2.67. The van der Waals surface area contributed by atoms with E-state index < -0.39 is 0 Å². The van der Waals surface area contributed by atoms with Crippen molar-refractivity contribution in [1.29, 1.82) is 0 Å². The third kappa shape index (κ3) is 4.27. The van der Waals surface area contributed by atoms with Gasteiger partial charge in [0.15, 0.2) is 0 Å². The molecule has 0 bridgehead atoms. The van der Waals surface area contributed by atoms with Crippen LogP contribution in [0.1, 0.15) is 24.4 Å². The summed E-state index contributed by atoms with van der Waals surface area (Å²) in [6, 6.07) is 7.17. The molecular weight excluding hydrogens is 241 g/mol. The molecule has 2 rings (SSSR count). The van der Waals surface area contributed by atoms with Crippen molar-refractivity contribution in [1.82, 2.24) is 15.5 Å². The Kier molecular flexibility index (Phi) is 5.76. The van der Waals surface area contributed by atoms with Crippen LogP contribution in [0.2, 0.25) is 0 Å². The molecule has 0 aliphatic carbocycles. The van der Waals surface area contributed by atoms with Gasteiger partial charge in [-0.2, -0.15) is 0 Å². The van der Waals surface area contributed by atoms with Crippen LogP contribution in [0.15, 0.2) is 24.3 Å². The first-order valence-electron chi connectivity index (χ1n) is 7.16. The van der Waals surface area contributed by atoms with Gasteiger partial charge in [0.1, 0.15) is 5.82 Å². The van der Waals surface area contributed by atoms with Crippen molar-refractivity contribution in [3.8, 4) is 0 Å². The maximum absolute atomic E-state index is 13.7. The molecule has 4 heteroatoms. The molecule has 0 amide bonds. The molecule has 0 aromatic heterocycles. The highest BCUT2D eigenvalue weighted by atomic mass is 19.1. The van der Waals surface area contributed by atoms with Gasteiger partial charge in [-0.15, -0.1) is 0 Å². The minimum Gasteiger partial charge on any atom is -0.314 e. The van der Waals surface area contributed by atoms with Crippen LogP contribution in [0.5, 0.6) is 0 Å². The average Bonchev–Trinajstić information content (AvgIpc) is 2.46. The molecule has 1 atom stereocenters. The molecule has 1 aromatic rings. The maximum atomic E-state index is 13.7. The van der Waals surface area contributed by atoms with Gasteiger partial charge >= 0.3 is 0 Å². The summed E-state index contributed by atoms with van der Waals surface area (Å²) < 4.78 is 13.7. The van der Waals surface area contributed by atoms with E-state index in [1.807, 2.05) is 19.2 Å². The fraction of sp³-hybridized carbons (Fsp3) is 0.600. The largest absolute Gasteiger partial charge is 0.314 e. The first-order chi connectivity index (χ1) is 9.31. The van der Waals surface area contributed by atoms with E-state index in [4.69, 9.17) is 0 Å². The van der Waals surface area contributed by atoms with Crippen LogP contribution in [0.25, 0.3) is 0 Å². The Balaban J connectivity index is 1.81. The summed E-state index contributed by atoms with van der Waals surface area (Å²) in [6.07, 6.45) is 2.07. The molecule has 1 aliphatic heterocycles. The van der Waals surface area contributed by atoms with Crippen LogP contribution in [0.4, 0.5) is 4.39 Å². The van der Waals surface area contributed by atoms with Gasteiger partial charge in [-0.3, -0.25) is 0 Å². The van der Waals surface area contributed by atoms with Crippen LogP contribution in [0.3, 0.4) is 0 Å². The number of hydrogen-bond acceptors (Lipinski definition) is 3. The molecule has 0 radical (unpaired) electrons. The topological polar surface area (TPSA) is 27.3 Å². The maximum Gasteiger partial charge on any atom is 0.127 e. The van der Waals surface area contributed by atoms with Crippen LogP contribution < -0.4 is 10.6 Å². The Bertz CT molecular complexity index is 377. The lowest BCUT2D eigenvalue weighted by Crippen LogP contribution is -2.43. The van der Waals surface area contributed by atoms with Crippen molar-refractivity contribution in [2.45, 2.75) is 18.9 Å². The summed E-state index contributed by atoms with van der Waals surface area (Å²) in [6.45, 7) is 5.54. The van der Waals surface area contributed by atoms with Crippen molar-refractivity contribution in [2.75, 3.05) is 39.8 Å². The van der Waals surface area contributed by atoms with Gasteiger partial charge in [0.25, 0.3) is 0 Å². The van der Waals surface area contributed by atoms with E-state index in [2.05, 4.69) is 15.5 Å². The molecule has 1 fully saturated rings. The zero-order valence-corrected chi connectivity index (χ0v) is 11.7. The minimum absolute atomic E-state index is 0.107. The number of benzene rings is 1. The van der Waals surface area contributed by atoms with Crippen molar-refractivity contribution < 1.29 is 4.39 Å². The molecule has 1 unspecified atom stereocenters. The number of nitrogens with one attached hydrogen (secondary N) is 2. The predicted molar refractivity (Wildman–Crippen MR) is 76.7 cm³/mol. The Hall–Kier alpha value is -0.970. The molecule has 3 nitrogen and oxygen atoms in total. The SMILES string of the molecule is CNC(CCCN1CCNCC1)c1ccccc1F. The van der Waals surface area contributed by atoms with Gasteiger partial charge in [-0.1, -0.05) is 18.2 Å². The van der Waals surface area contributed by atoms with Gasteiger partial charge in [0, 0.05) is 37.8 Å². The van der Waals surface area contributed by atoms with Gasteiger partial charge in [0.05, 0.1) is 0 Å². The first kappa shape index (κ1) is 14.4. The Labute approximate surface area is 115 Å². The lowest BCUT2D eigenvalue weighted by atomic mass is 10.0. The molecule has 0 spiro atoms. The smallest absolute Gasteiger partial charge is 0.127 e. The van der Waals surface area contributed by atoms with Crippen LogP contribution in [0, 0.1) is 5.82 Å². The Morgan fingerprint density at radius 2 is 2.05 bits per heavy atom. The number of piperazine rings is 1. The van der Waals surface area contributed by atoms with Crippen molar-refractivity contribution in [3.05, 3.63) is 35.6 Å². The second-order valence-electron chi connectivity index (χ2n) is 5.10. The van der Waals surface area contributed by atoms with Gasteiger partial charge in [-0.25, -0.2) is 4.39 Å². The van der Waals surface area contributed by atoms with E-state index in [9.17, 15) is 4.39 Å². The van der Waals surface area contributed by atoms with Crippen LogP contribution >= 0.6 is 0 Å². The zero-order chi connectivity index (χ0) is 13.5. The molecule has 1 aromatic carbocycles. The number of rotatable bonds is 6. The number of halogens is 1. The molecule has 106 valence electrons. The molecule has 0 saturated carbocycles. The number of nitrogens with zero attached hydrogens (tertiary/aromatic N) is 1. The van der Waals surface area contributed by atoms with Crippen LogP contribution in [-0.4, -0.2) is 44.7 Å². The van der Waals surface area contributed by atoms with E-state index in [0.717, 1.165) is 51.1 Å². The van der Waals surface area contributed by atoms with Gasteiger partial charge < -0.3 is 15.5 Å². The van der Waals surface area contributed by atoms with E-state index >= 15 is 0 Å². The first-order valence-corrected chi connectivity index (χ1v) is 7.16. The minimum atomic E-state index is -0.107. The van der Waals surface area contributed by atoms with Gasteiger partial charge in [-0.05, 0) is 32.5 Å². The highest BCUT2D eigenvalue weighted by Crippen LogP contribution is 2.21. The average molecular weight is 265 g/mol. The summed E-state index contributed by atoms with van der Waals surface area (Å²) in [5, 5.41) is 6.58. The molecule has 19 heavy (non-hydrogen) atoms. The summed E-state index contributed by atoms with van der Waals surface area (Å²) in [7, 11) is 1.90. The predicted octanol–water partition coefficient (Wildman–Crippen LogP) is 1.77. The third-order valence-electron chi connectivity index (χ3n) is 3.81. The van der Waals surface area contributed by atoms with E-state index in [0.29, 0.717) is 0 Å². The third-order valence-corrected chi connectivity index (χ3v) is 3.81. The van der Waals surface area contributed by atoms with Crippen molar-refractivity contribution >= 4 is 0 Å². The standard InChI is InChI=1S/C15H24FN3/c1-17-15(13-5-2-3-6-14(13)16)7-4-10-19-11-8-18-9-12-19/h2-3,5-6,15,17-18H,4,7-12H2,1H3. The molecular formula is C15H24FN3. The molecule has 1 aliphatic rings. The summed E-state index contributed by atoms with van der Waals surface area (Å²) >= 11 is 0. The van der Waals surface area contributed by atoms with Gasteiger partial charge in [0.2, 0.25) is 0 Å². The zero-order valence-electron chi connectivity index (χ0n) is 11.7. The lowest BCUT2D eigenvalue weighted by molar-refractivity contribution is 0.233.